The number of carbonyl (C=O) groups is 2. The molecule has 2 heterocycles. The normalized spacial score (nSPS) is 13.4. The summed E-state index contributed by atoms with van der Waals surface area (Å²) in [5.74, 6) is 2.64. The number of imidazole rings is 1. The molecule has 0 bridgehead atoms. The van der Waals surface area contributed by atoms with E-state index in [4.69, 9.17) is 4.74 Å². The second kappa shape index (κ2) is 12.2. The molecule has 192 valence electrons. The summed E-state index contributed by atoms with van der Waals surface area (Å²) in [5, 5.41) is 6.06. The molecule has 2 aromatic carbocycles. The van der Waals surface area contributed by atoms with Gasteiger partial charge in [0.15, 0.2) is 0 Å². The van der Waals surface area contributed by atoms with Crippen molar-refractivity contribution in [3.63, 3.8) is 0 Å². The highest BCUT2D eigenvalue weighted by atomic mass is 16.5. The summed E-state index contributed by atoms with van der Waals surface area (Å²) in [4.78, 5) is 34.9. The van der Waals surface area contributed by atoms with Crippen LogP contribution in [0.5, 0.6) is 5.75 Å². The van der Waals surface area contributed by atoms with Gasteiger partial charge in [-0.2, -0.15) is 0 Å². The highest BCUT2D eigenvalue weighted by molar-refractivity contribution is 5.93. The van der Waals surface area contributed by atoms with Crippen LogP contribution in [0.15, 0.2) is 54.7 Å². The Labute approximate surface area is 216 Å². The van der Waals surface area contributed by atoms with Gasteiger partial charge in [0.1, 0.15) is 23.7 Å². The first-order chi connectivity index (χ1) is 18.0. The van der Waals surface area contributed by atoms with Gasteiger partial charge in [-0.1, -0.05) is 31.4 Å². The van der Waals surface area contributed by atoms with Crippen molar-refractivity contribution in [3.8, 4) is 17.1 Å². The average molecular weight is 500 g/mol. The van der Waals surface area contributed by atoms with Crippen LogP contribution < -0.4 is 15.4 Å². The van der Waals surface area contributed by atoms with E-state index in [1.165, 1.54) is 6.42 Å². The number of rotatable bonds is 6. The van der Waals surface area contributed by atoms with E-state index >= 15 is 0 Å². The van der Waals surface area contributed by atoms with E-state index in [0.29, 0.717) is 5.56 Å². The lowest BCUT2D eigenvalue weighted by Gasteiger charge is -2.20. The van der Waals surface area contributed by atoms with Crippen LogP contribution in [-0.4, -0.2) is 41.3 Å². The van der Waals surface area contributed by atoms with E-state index < -0.39 is 0 Å². The number of ether oxygens (including phenoxy) is 1. The number of aryl methyl sites for hydroxylation is 1. The second-order valence-electron chi connectivity index (χ2n) is 9.17. The zero-order valence-corrected chi connectivity index (χ0v) is 21.5. The number of nitrogens with zero attached hydrogens (tertiary/aromatic N) is 2. The van der Waals surface area contributed by atoms with Crippen molar-refractivity contribution < 1.29 is 14.3 Å². The fraction of sp³-hybridized carbons (Fsp3) is 0.310. The van der Waals surface area contributed by atoms with Gasteiger partial charge in [0.25, 0.3) is 0 Å². The van der Waals surface area contributed by atoms with E-state index in [0.717, 1.165) is 77.2 Å². The number of pyridine rings is 1. The molecule has 5 rings (SSSR count). The number of benzene rings is 2. The minimum Gasteiger partial charge on any atom is -0.496 e. The Morgan fingerprint density at radius 2 is 1.84 bits per heavy atom. The second-order valence-corrected chi connectivity index (χ2v) is 9.17. The van der Waals surface area contributed by atoms with Gasteiger partial charge >= 0.3 is 0 Å². The Balaban J connectivity index is 0.000000245. The summed E-state index contributed by atoms with van der Waals surface area (Å²) in [7, 11) is 3.43. The summed E-state index contributed by atoms with van der Waals surface area (Å²) in [6.45, 7) is 1.94. The number of anilines is 2. The van der Waals surface area contributed by atoms with Gasteiger partial charge in [-0.3, -0.25) is 9.59 Å². The van der Waals surface area contributed by atoms with Gasteiger partial charge in [0.05, 0.1) is 24.3 Å². The maximum Gasteiger partial charge on any atom is 0.227 e. The number of H-pyrrole nitrogens is 1. The smallest absolute Gasteiger partial charge is 0.227 e. The highest BCUT2D eigenvalue weighted by Gasteiger charge is 2.21. The van der Waals surface area contributed by atoms with Crippen LogP contribution in [0.25, 0.3) is 22.4 Å². The highest BCUT2D eigenvalue weighted by Crippen LogP contribution is 2.26. The first-order valence-electron chi connectivity index (χ1n) is 12.6. The maximum absolute atomic E-state index is 12.4. The molecular formula is C29H33N5O3. The quantitative estimate of drug-likeness (QED) is 0.281. The molecule has 3 N–H and O–H groups in total. The summed E-state index contributed by atoms with van der Waals surface area (Å²) in [6.07, 6.45) is 8.16. The summed E-state index contributed by atoms with van der Waals surface area (Å²) in [5.41, 5.74) is 5.26. The predicted molar refractivity (Wildman–Crippen MR) is 147 cm³/mol. The molecule has 0 spiro atoms. The molecule has 8 nitrogen and oxygen atoms in total. The molecule has 1 amide bonds. The van der Waals surface area contributed by atoms with Crippen molar-refractivity contribution in [2.45, 2.75) is 39.0 Å². The lowest BCUT2D eigenvalue weighted by atomic mass is 9.88. The topological polar surface area (TPSA) is 109 Å². The van der Waals surface area contributed by atoms with E-state index in [1.807, 2.05) is 50.4 Å². The minimum absolute atomic E-state index is 0.145. The molecule has 1 saturated carbocycles. The lowest BCUT2D eigenvalue weighted by Crippen LogP contribution is -2.24. The number of fused-ring (bicyclic) bond motifs is 1. The molecule has 37 heavy (non-hydrogen) atoms. The molecular weight excluding hydrogens is 466 g/mol. The molecule has 8 heteroatoms. The number of methoxy groups -OCH3 is 1. The molecule has 0 unspecified atom stereocenters. The Morgan fingerprint density at radius 3 is 2.51 bits per heavy atom. The van der Waals surface area contributed by atoms with Gasteiger partial charge in [-0.25, -0.2) is 9.97 Å². The summed E-state index contributed by atoms with van der Waals surface area (Å²) in [6, 6.07) is 15.1. The van der Waals surface area contributed by atoms with Gasteiger partial charge in [-0.15, -0.1) is 0 Å². The molecule has 0 atom stereocenters. The molecule has 1 aliphatic carbocycles. The SMILES string of the molecule is CNc1cc2nc(-c3ccc(NC(=O)C4CCCCC4)cc3)[nH]c2cn1.COc1cc(C=O)ccc1C. The molecule has 0 radical (unpaired) electrons. The number of nitrogens with one attached hydrogen (secondary N) is 3. The van der Waals surface area contributed by atoms with E-state index in [-0.39, 0.29) is 11.8 Å². The lowest BCUT2D eigenvalue weighted by molar-refractivity contribution is -0.120. The number of aldehydes is 1. The molecule has 0 aliphatic heterocycles. The van der Waals surface area contributed by atoms with Gasteiger partial charge < -0.3 is 20.4 Å². The van der Waals surface area contributed by atoms with Crippen LogP contribution in [0.2, 0.25) is 0 Å². The average Bonchev–Trinajstić information content (AvgIpc) is 3.38. The van der Waals surface area contributed by atoms with Crippen molar-refractivity contribution in [1.29, 1.82) is 0 Å². The third-order valence-electron chi connectivity index (χ3n) is 6.59. The van der Waals surface area contributed by atoms with Crippen molar-refractivity contribution in [2.24, 2.45) is 5.92 Å². The van der Waals surface area contributed by atoms with E-state index in [2.05, 4.69) is 25.6 Å². The molecule has 1 aliphatic rings. The minimum atomic E-state index is 0.145. The van der Waals surface area contributed by atoms with Crippen molar-refractivity contribution in [1.82, 2.24) is 15.0 Å². The standard InChI is InChI=1S/C20H23N5O.C9H10O2/c1-21-18-11-16-17(12-22-18)25-19(24-16)13-7-9-15(10-8-13)23-20(26)14-5-3-2-4-6-14;1-7-3-4-8(6-10)5-9(7)11-2/h7-12,14H,2-6H2,1H3,(H,21,22)(H,23,26)(H,24,25);3-6H,1-2H3. The van der Waals surface area contributed by atoms with Gasteiger partial charge in [0.2, 0.25) is 5.91 Å². The Kier molecular flexibility index (Phi) is 8.51. The fourth-order valence-electron chi connectivity index (χ4n) is 4.41. The molecule has 1 fully saturated rings. The van der Waals surface area contributed by atoms with Gasteiger partial charge in [0, 0.05) is 35.8 Å². The molecule has 0 saturated heterocycles. The largest absolute Gasteiger partial charge is 0.496 e. The Hall–Kier alpha value is -4.20. The maximum atomic E-state index is 12.4. The monoisotopic (exact) mass is 499 g/mol. The summed E-state index contributed by atoms with van der Waals surface area (Å²) < 4.78 is 5.03. The van der Waals surface area contributed by atoms with Crippen LogP contribution in [0.4, 0.5) is 11.5 Å². The zero-order chi connectivity index (χ0) is 26.2. The van der Waals surface area contributed by atoms with Crippen LogP contribution in [0.1, 0.15) is 48.0 Å². The summed E-state index contributed by atoms with van der Waals surface area (Å²) >= 11 is 0. The van der Waals surface area contributed by atoms with Crippen molar-refractivity contribution in [3.05, 3.63) is 65.9 Å². The number of carbonyl (C=O) groups excluding carboxylic acids is 2. The fourth-order valence-corrected chi connectivity index (χ4v) is 4.41. The molecule has 4 aromatic rings. The first kappa shape index (κ1) is 25.9. The van der Waals surface area contributed by atoms with Crippen molar-refractivity contribution >= 4 is 34.7 Å². The number of hydrogen-bond acceptors (Lipinski definition) is 6. The third kappa shape index (κ3) is 6.52. The molecule has 2 aromatic heterocycles. The Bertz CT molecular complexity index is 1360. The van der Waals surface area contributed by atoms with Crippen LogP contribution >= 0.6 is 0 Å². The number of amides is 1. The van der Waals surface area contributed by atoms with Crippen LogP contribution in [0, 0.1) is 12.8 Å². The first-order valence-corrected chi connectivity index (χ1v) is 12.6. The number of hydrogen-bond donors (Lipinski definition) is 3. The van der Waals surface area contributed by atoms with Gasteiger partial charge in [-0.05, 0) is 55.7 Å². The Morgan fingerprint density at radius 1 is 1.08 bits per heavy atom. The van der Waals surface area contributed by atoms with Crippen LogP contribution in [-0.2, 0) is 4.79 Å². The van der Waals surface area contributed by atoms with Crippen molar-refractivity contribution in [2.75, 3.05) is 24.8 Å². The number of aromatic amines is 1. The zero-order valence-electron chi connectivity index (χ0n) is 21.5. The van der Waals surface area contributed by atoms with Crippen LogP contribution in [0.3, 0.4) is 0 Å². The predicted octanol–water partition coefficient (Wildman–Crippen LogP) is 6.00. The van der Waals surface area contributed by atoms with E-state index in [9.17, 15) is 9.59 Å². The van der Waals surface area contributed by atoms with E-state index in [1.54, 1.807) is 25.4 Å². The third-order valence-corrected chi connectivity index (χ3v) is 6.59. The number of aromatic nitrogens is 3.